The van der Waals surface area contributed by atoms with E-state index in [9.17, 15) is 8.42 Å². The topological polar surface area (TPSA) is 60.2 Å². The molecule has 1 fully saturated rings. The Balaban J connectivity index is 3.08. The average Bonchev–Trinajstić information content (AvgIpc) is 2.23. The zero-order valence-corrected chi connectivity index (χ0v) is 10.3. The van der Waals surface area contributed by atoms with Gasteiger partial charge in [-0.15, -0.1) is 0 Å². The third-order valence-corrected chi connectivity index (χ3v) is 6.45. The number of sulfone groups is 1. The second-order valence-corrected chi connectivity index (χ2v) is 8.15. The van der Waals surface area contributed by atoms with Crippen molar-refractivity contribution in [2.75, 3.05) is 12.3 Å². The lowest BCUT2D eigenvalue weighted by molar-refractivity contribution is 0.186. The minimum atomic E-state index is -2.92. The Hall–Kier alpha value is -0.0900. The molecular formula is C10H21NO2S. The first-order valence-corrected chi connectivity index (χ1v) is 6.73. The molecule has 0 radical (unpaired) electrons. The Morgan fingerprint density at radius 3 is 2.21 bits per heavy atom. The van der Waals surface area contributed by atoms with Crippen molar-refractivity contribution in [2.45, 2.75) is 38.9 Å². The van der Waals surface area contributed by atoms with Crippen LogP contribution in [0.3, 0.4) is 0 Å². The Labute approximate surface area is 87.0 Å². The highest BCUT2D eigenvalue weighted by molar-refractivity contribution is 7.93. The van der Waals surface area contributed by atoms with E-state index in [4.69, 9.17) is 5.73 Å². The first kappa shape index (κ1) is 12.0. The van der Waals surface area contributed by atoms with E-state index < -0.39 is 14.6 Å². The molecule has 0 aromatic carbocycles. The van der Waals surface area contributed by atoms with Crippen LogP contribution in [0.15, 0.2) is 0 Å². The van der Waals surface area contributed by atoms with E-state index in [1.54, 1.807) is 0 Å². The second kappa shape index (κ2) is 3.20. The van der Waals surface area contributed by atoms with Crippen LogP contribution in [-0.2, 0) is 9.84 Å². The zero-order valence-electron chi connectivity index (χ0n) is 9.50. The molecule has 3 nitrogen and oxygen atoms in total. The van der Waals surface area contributed by atoms with Gasteiger partial charge in [-0.25, -0.2) is 8.42 Å². The molecule has 0 bridgehead atoms. The van der Waals surface area contributed by atoms with Gasteiger partial charge in [0.1, 0.15) is 0 Å². The summed E-state index contributed by atoms with van der Waals surface area (Å²) >= 11 is 0. The predicted octanol–water partition coefficient (Wildman–Crippen LogP) is 1.18. The summed E-state index contributed by atoms with van der Waals surface area (Å²) in [5.41, 5.74) is 5.61. The van der Waals surface area contributed by atoms with Gasteiger partial charge in [0.25, 0.3) is 0 Å². The van der Waals surface area contributed by atoms with Crippen LogP contribution < -0.4 is 5.73 Å². The maximum Gasteiger partial charge on any atom is 0.155 e. The fourth-order valence-electron chi connectivity index (χ4n) is 2.57. The van der Waals surface area contributed by atoms with Crippen molar-refractivity contribution in [3.63, 3.8) is 0 Å². The van der Waals surface area contributed by atoms with Gasteiger partial charge in [-0.3, -0.25) is 0 Å². The molecule has 1 aliphatic heterocycles. The first-order chi connectivity index (χ1) is 6.15. The lowest BCUT2D eigenvalue weighted by atomic mass is 9.71. The lowest BCUT2D eigenvalue weighted by Gasteiger charge is -2.38. The molecule has 0 aromatic heterocycles. The summed E-state index contributed by atoms with van der Waals surface area (Å²) in [7, 11) is -2.92. The molecule has 0 aliphatic carbocycles. The van der Waals surface area contributed by atoms with Crippen molar-refractivity contribution in [1.29, 1.82) is 0 Å². The largest absolute Gasteiger partial charge is 0.330 e. The number of nitrogens with two attached hydrogens (primary N) is 1. The summed E-state index contributed by atoms with van der Waals surface area (Å²) in [5.74, 6) is 0.485. The highest BCUT2D eigenvalue weighted by atomic mass is 32.2. The third kappa shape index (κ3) is 1.58. The maximum absolute atomic E-state index is 11.8. The highest BCUT2D eigenvalue weighted by Crippen LogP contribution is 2.46. The van der Waals surface area contributed by atoms with Gasteiger partial charge in [0.05, 0.1) is 10.5 Å². The molecular weight excluding hydrogens is 198 g/mol. The highest BCUT2D eigenvalue weighted by Gasteiger charge is 2.52. The van der Waals surface area contributed by atoms with Crippen LogP contribution >= 0.6 is 0 Å². The first-order valence-electron chi connectivity index (χ1n) is 5.07. The summed E-state index contributed by atoms with van der Waals surface area (Å²) in [6.45, 7) is 8.31. The van der Waals surface area contributed by atoms with E-state index in [0.29, 0.717) is 12.3 Å². The molecule has 1 aliphatic rings. The fourth-order valence-corrected chi connectivity index (χ4v) is 4.52. The molecule has 84 valence electrons. The summed E-state index contributed by atoms with van der Waals surface area (Å²) in [5, 5.41) is 0. The standard InChI is InChI=1S/C10H21NO2S/c1-9(2,7-11)8-5-6-14(12,13)10(8,3)4/h8H,5-7,11H2,1-4H3. The lowest BCUT2D eigenvalue weighted by Crippen LogP contribution is -2.44. The SMILES string of the molecule is CC(C)(CN)C1CCS(=O)(=O)C1(C)C. The van der Waals surface area contributed by atoms with Crippen molar-refractivity contribution in [1.82, 2.24) is 0 Å². The Bertz CT molecular complexity index is 317. The zero-order chi connectivity index (χ0) is 11.2. The number of hydrogen-bond acceptors (Lipinski definition) is 3. The Morgan fingerprint density at radius 2 is 1.93 bits per heavy atom. The molecule has 0 aromatic rings. The molecule has 2 N–H and O–H groups in total. The third-order valence-electron chi connectivity index (χ3n) is 3.79. The molecule has 0 saturated carbocycles. The van der Waals surface area contributed by atoms with E-state index >= 15 is 0 Å². The maximum atomic E-state index is 11.8. The van der Waals surface area contributed by atoms with Gasteiger partial charge in [-0.2, -0.15) is 0 Å². The minimum absolute atomic E-state index is 0.0902. The van der Waals surface area contributed by atoms with Crippen LogP contribution in [-0.4, -0.2) is 25.5 Å². The summed E-state index contributed by atoms with van der Waals surface area (Å²) in [4.78, 5) is 0. The molecule has 1 atom stereocenters. The van der Waals surface area contributed by atoms with E-state index in [0.717, 1.165) is 6.42 Å². The van der Waals surface area contributed by atoms with Gasteiger partial charge < -0.3 is 5.73 Å². The fraction of sp³-hybridized carbons (Fsp3) is 1.00. The number of rotatable bonds is 2. The quantitative estimate of drug-likeness (QED) is 0.758. The molecule has 0 spiro atoms. The molecule has 1 rings (SSSR count). The minimum Gasteiger partial charge on any atom is -0.330 e. The predicted molar refractivity (Wildman–Crippen MR) is 58.8 cm³/mol. The second-order valence-electron chi connectivity index (χ2n) is 5.46. The van der Waals surface area contributed by atoms with Crippen molar-refractivity contribution < 1.29 is 8.42 Å². The van der Waals surface area contributed by atoms with E-state index in [-0.39, 0.29) is 11.3 Å². The summed E-state index contributed by atoms with van der Waals surface area (Å²) in [6, 6.07) is 0. The van der Waals surface area contributed by atoms with Crippen LogP contribution in [0.2, 0.25) is 0 Å². The van der Waals surface area contributed by atoms with Crippen molar-refractivity contribution in [2.24, 2.45) is 17.1 Å². The molecule has 4 heteroatoms. The smallest absolute Gasteiger partial charge is 0.155 e. The van der Waals surface area contributed by atoms with Gasteiger partial charge in [0.15, 0.2) is 9.84 Å². The summed E-state index contributed by atoms with van der Waals surface area (Å²) < 4.78 is 23.0. The van der Waals surface area contributed by atoms with Crippen molar-refractivity contribution in [3.8, 4) is 0 Å². The van der Waals surface area contributed by atoms with Crippen LogP contribution in [0.5, 0.6) is 0 Å². The normalized spacial score (nSPS) is 30.5. The van der Waals surface area contributed by atoms with Crippen LogP contribution in [0, 0.1) is 11.3 Å². The molecule has 14 heavy (non-hydrogen) atoms. The van der Waals surface area contributed by atoms with E-state index in [2.05, 4.69) is 13.8 Å². The van der Waals surface area contributed by atoms with Crippen LogP contribution in [0.25, 0.3) is 0 Å². The van der Waals surface area contributed by atoms with E-state index in [1.165, 1.54) is 0 Å². The van der Waals surface area contributed by atoms with Gasteiger partial charge in [-0.1, -0.05) is 13.8 Å². The van der Waals surface area contributed by atoms with Gasteiger partial charge in [0, 0.05) is 0 Å². The Kier molecular flexibility index (Phi) is 2.74. The molecule has 1 saturated heterocycles. The molecule has 1 unspecified atom stereocenters. The van der Waals surface area contributed by atoms with Gasteiger partial charge in [0.2, 0.25) is 0 Å². The van der Waals surface area contributed by atoms with E-state index in [1.807, 2.05) is 13.8 Å². The van der Waals surface area contributed by atoms with Gasteiger partial charge >= 0.3 is 0 Å². The Morgan fingerprint density at radius 1 is 1.43 bits per heavy atom. The summed E-state index contributed by atoms with van der Waals surface area (Å²) in [6.07, 6.45) is 0.750. The molecule has 1 heterocycles. The average molecular weight is 219 g/mol. The molecule has 0 amide bonds. The van der Waals surface area contributed by atoms with Crippen molar-refractivity contribution >= 4 is 9.84 Å². The van der Waals surface area contributed by atoms with Gasteiger partial charge in [-0.05, 0) is 38.1 Å². The van der Waals surface area contributed by atoms with Crippen LogP contribution in [0.4, 0.5) is 0 Å². The number of hydrogen-bond donors (Lipinski definition) is 1. The monoisotopic (exact) mass is 219 g/mol. The van der Waals surface area contributed by atoms with Crippen LogP contribution in [0.1, 0.15) is 34.1 Å². The van der Waals surface area contributed by atoms with Crippen molar-refractivity contribution in [3.05, 3.63) is 0 Å².